The lowest BCUT2D eigenvalue weighted by Gasteiger charge is -2.53. The quantitative estimate of drug-likeness (QED) is 0.160. The number of rotatable bonds is 7. The molecule has 12 nitrogen and oxygen atoms in total. The number of hydrogen-bond acceptors (Lipinski definition) is 8. The molecule has 11 rings (SSSR count). The molecule has 1 saturated carbocycles. The van der Waals surface area contributed by atoms with Crippen molar-refractivity contribution in [2.75, 3.05) is 37.6 Å². The Bertz CT molecular complexity index is 2600. The third kappa shape index (κ3) is 7.04. The molecule has 7 heterocycles. The van der Waals surface area contributed by atoms with Crippen molar-refractivity contribution in [1.29, 1.82) is 0 Å². The summed E-state index contributed by atoms with van der Waals surface area (Å²) in [6, 6.07) is 11.7. The lowest BCUT2D eigenvalue weighted by molar-refractivity contribution is -0.146. The molecule has 5 amide bonds. The molecular weight excluding hydrogens is 843 g/mol. The number of H-pyrrole nitrogens is 1. The summed E-state index contributed by atoms with van der Waals surface area (Å²) in [6.07, 6.45) is 2.79. The van der Waals surface area contributed by atoms with Crippen molar-refractivity contribution in [2.24, 2.45) is 11.3 Å². The summed E-state index contributed by atoms with van der Waals surface area (Å²) in [7, 11) is 0. The predicted octanol–water partition coefficient (Wildman–Crippen LogP) is 6.45. The standard InChI is InChI=1S/C49H51F4N7O5/c1-26-16-33-32-4-2-3-5-38(32)54-43(33)44(59(26)25-40(52)53)42-36(50)19-31(20-37(42)51)56-14-10-49(11-15-56)21-29(22-49)46(63)57-12-8-30(9-13-57)58-23-27-17-34-35(18-28(27)24-58)48(65)60(47(34)64)39-6-7-41(61)55-45(39)62/h2-5,17-20,26,29-30,39-40,44,54H,6-16,21-25H2,1H3,(H,55,61,62)/t26-,39?,44-/m1/s1. The predicted molar refractivity (Wildman–Crippen MR) is 231 cm³/mol. The maximum absolute atomic E-state index is 16.3. The average molecular weight is 894 g/mol. The topological polar surface area (TPSA) is 129 Å². The normalized spacial score (nSPS) is 25.1. The minimum absolute atomic E-state index is 0.00941. The van der Waals surface area contributed by atoms with Crippen molar-refractivity contribution in [1.82, 2.24) is 29.9 Å². The summed E-state index contributed by atoms with van der Waals surface area (Å²) >= 11 is 0. The van der Waals surface area contributed by atoms with E-state index in [9.17, 15) is 32.8 Å². The van der Waals surface area contributed by atoms with Crippen molar-refractivity contribution in [2.45, 2.75) is 108 Å². The number of halogens is 4. The number of hydrogen-bond donors (Lipinski definition) is 2. The fourth-order valence-corrected chi connectivity index (χ4v) is 12.4. The number of aromatic amines is 1. The molecule has 3 atom stereocenters. The largest absolute Gasteiger partial charge is 0.371 e. The van der Waals surface area contributed by atoms with Gasteiger partial charge in [0.2, 0.25) is 17.7 Å². The number of nitrogens with one attached hydrogen (secondary N) is 2. The molecule has 16 heteroatoms. The molecular formula is C49H51F4N7O5. The van der Waals surface area contributed by atoms with Crippen LogP contribution in [0.3, 0.4) is 0 Å². The Morgan fingerprint density at radius 1 is 0.862 bits per heavy atom. The molecule has 3 aromatic carbocycles. The fourth-order valence-electron chi connectivity index (χ4n) is 12.4. The first kappa shape index (κ1) is 42.1. The number of anilines is 1. The molecule has 0 bridgehead atoms. The Morgan fingerprint density at radius 3 is 2.14 bits per heavy atom. The highest BCUT2D eigenvalue weighted by Gasteiger charge is 2.51. The molecule has 1 spiro atoms. The maximum atomic E-state index is 16.3. The number of nitrogens with zero attached hydrogens (tertiary/aromatic N) is 5. The number of fused-ring (bicyclic) bond motifs is 5. The molecule has 1 aliphatic carbocycles. The molecule has 6 aliphatic heterocycles. The van der Waals surface area contributed by atoms with E-state index in [4.69, 9.17) is 0 Å². The minimum Gasteiger partial charge on any atom is -0.371 e. The van der Waals surface area contributed by atoms with Gasteiger partial charge in [-0.05, 0) is 111 Å². The summed E-state index contributed by atoms with van der Waals surface area (Å²) in [5.74, 6) is -3.44. The number of benzene rings is 3. The van der Waals surface area contributed by atoms with Gasteiger partial charge in [0, 0.05) is 91.5 Å². The van der Waals surface area contributed by atoms with Gasteiger partial charge in [-0.1, -0.05) is 18.2 Å². The number of para-hydroxylation sites is 1. The summed E-state index contributed by atoms with van der Waals surface area (Å²) in [4.78, 5) is 76.9. The fraction of sp³-hybridized carbons (Fsp3) is 0.490. The van der Waals surface area contributed by atoms with E-state index in [0.29, 0.717) is 68.2 Å². The van der Waals surface area contributed by atoms with Crippen LogP contribution in [0, 0.1) is 23.0 Å². The molecule has 1 aromatic heterocycles. The molecule has 3 saturated heterocycles. The van der Waals surface area contributed by atoms with Gasteiger partial charge in [0.05, 0.1) is 23.7 Å². The third-order valence-corrected chi connectivity index (χ3v) is 15.9. The van der Waals surface area contributed by atoms with Crippen LogP contribution in [0.15, 0.2) is 48.5 Å². The summed E-state index contributed by atoms with van der Waals surface area (Å²) in [5, 5.41) is 3.16. The van der Waals surface area contributed by atoms with E-state index in [2.05, 4.69) is 15.2 Å². The molecule has 1 unspecified atom stereocenters. The first-order valence-electron chi connectivity index (χ1n) is 23.0. The zero-order valence-electron chi connectivity index (χ0n) is 36.2. The number of piperidine rings is 3. The van der Waals surface area contributed by atoms with Crippen molar-refractivity contribution in [3.05, 3.63) is 99.2 Å². The van der Waals surface area contributed by atoms with Crippen LogP contribution in [-0.2, 0) is 33.9 Å². The van der Waals surface area contributed by atoms with Crippen molar-refractivity contribution in [3.8, 4) is 0 Å². The molecule has 0 radical (unpaired) electrons. The number of likely N-dealkylation sites (tertiary alicyclic amines) is 1. The van der Waals surface area contributed by atoms with Crippen LogP contribution in [0.25, 0.3) is 10.9 Å². The second-order valence-electron chi connectivity index (χ2n) is 19.6. The first-order valence-corrected chi connectivity index (χ1v) is 23.0. The Labute approximate surface area is 373 Å². The zero-order chi connectivity index (χ0) is 45.1. The van der Waals surface area contributed by atoms with Crippen LogP contribution >= 0.6 is 0 Å². The minimum atomic E-state index is -2.68. The van der Waals surface area contributed by atoms with Crippen molar-refractivity contribution >= 4 is 46.1 Å². The molecule has 340 valence electrons. The van der Waals surface area contributed by atoms with E-state index in [-0.39, 0.29) is 47.7 Å². The smallest absolute Gasteiger partial charge is 0.262 e. The molecule has 4 aromatic rings. The molecule has 7 aliphatic rings. The van der Waals surface area contributed by atoms with Crippen LogP contribution in [-0.4, -0.2) is 111 Å². The molecule has 65 heavy (non-hydrogen) atoms. The Balaban J connectivity index is 0.687. The van der Waals surface area contributed by atoms with Gasteiger partial charge in [-0.2, -0.15) is 0 Å². The Hall–Kier alpha value is -5.61. The van der Waals surface area contributed by atoms with Gasteiger partial charge >= 0.3 is 0 Å². The summed E-state index contributed by atoms with van der Waals surface area (Å²) in [5.41, 5.74) is 5.00. The van der Waals surface area contributed by atoms with Crippen LogP contribution < -0.4 is 10.2 Å². The second kappa shape index (κ2) is 15.8. The number of imide groups is 2. The maximum Gasteiger partial charge on any atom is 0.262 e. The molecule has 2 N–H and O–H groups in total. The zero-order valence-corrected chi connectivity index (χ0v) is 36.2. The average Bonchev–Trinajstić information content (AvgIpc) is 3.93. The Morgan fingerprint density at radius 2 is 1.51 bits per heavy atom. The lowest BCUT2D eigenvalue weighted by Crippen LogP contribution is -2.54. The molecule has 4 fully saturated rings. The van der Waals surface area contributed by atoms with E-state index in [1.54, 1.807) is 12.1 Å². The van der Waals surface area contributed by atoms with Gasteiger partial charge in [-0.25, -0.2) is 17.6 Å². The van der Waals surface area contributed by atoms with E-state index in [1.807, 2.05) is 41.0 Å². The number of aromatic nitrogens is 1. The van der Waals surface area contributed by atoms with E-state index in [0.717, 1.165) is 71.0 Å². The van der Waals surface area contributed by atoms with Crippen LogP contribution in [0.1, 0.15) is 113 Å². The number of carbonyl (C=O) groups is 5. The highest BCUT2D eigenvalue weighted by molar-refractivity contribution is 6.23. The second-order valence-corrected chi connectivity index (χ2v) is 19.6. The summed E-state index contributed by atoms with van der Waals surface area (Å²) in [6.45, 7) is 4.95. The number of alkyl halides is 2. The summed E-state index contributed by atoms with van der Waals surface area (Å²) < 4.78 is 60.6. The monoisotopic (exact) mass is 893 g/mol. The highest BCUT2D eigenvalue weighted by Crippen LogP contribution is 2.54. The van der Waals surface area contributed by atoms with Crippen molar-refractivity contribution < 1.29 is 41.5 Å². The highest BCUT2D eigenvalue weighted by atomic mass is 19.3. The van der Waals surface area contributed by atoms with Gasteiger partial charge in [0.15, 0.2) is 0 Å². The van der Waals surface area contributed by atoms with Crippen molar-refractivity contribution in [3.63, 3.8) is 0 Å². The van der Waals surface area contributed by atoms with E-state index >= 15 is 8.78 Å². The van der Waals surface area contributed by atoms with Gasteiger partial charge in [-0.15, -0.1) is 0 Å². The lowest BCUT2D eigenvalue weighted by atomic mass is 9.57. The van der Waals surface area contributed by atoms with Gasteiger partial charge in [0.1, 0.15) is 17.7 Å². The Kier molecular flexibility index (Phi) is 10.2. The number of carbonyl (C=O) groups excluding carboxylic acids is 5. The van der Waals surface area contributed by atoms with Gasteiger partial charge < -0.3 is 14.8 Å². The van der Waals surface area contributed by atoms with E-state index in [1.165, 1.54) is 17.0 Å². The van der Waals surface area contributed by atoms with Gasteiger partial charge in [0.25, 0.3) is 18.2 Å². The number of amides is 5. The van der Waals surface area contributed by atoms with Crippen LogP contribution in [0.4, 0.5) is 23.2 Å². The van der Waals surface area contributed by atoms with Gasteiger partial charge in [-0.3, -0.25) is 44.0 Å². The van der Waals surface area contributed by atoms with Crippen LogP contribution in [0.2, 0.25) is 0 Å². The SMILES string of the molecule is C[C@@H]1Cc2c([nH]c3ccccc23)[C@@H](c2c(F)cc(N3CCC4(CC3)CC(C(=O)N3CCC(N5Cc6cc7c(cc6C5)C(=O)N(C5CCC(=O)NC5=O)C7=O)CC3)C4)cc2F)N1CC(F)F. The third-order valence-electron chi connectivity index (χ3n) is 15.9. The van der Waals surface area contributed by atoms with Crippen LogP contribution in [0.5, 0.6) is 0 Å². The first-order chi connectivity index (χ1) is 31.3. The van der Waals surface area contributed by atoms with E-state index < -0.39 is 60.3 Å².